The normalized spacial score (nSPS) is 11.2. The number of nitro benzene ring substituents is 1. The number of esters is 1. The van der Waals surface area contributed by atoms with Crippen molar-refractivity contribution in [3.63, 3.8) is 0 Å². The van der Waals surface area contributed by atoms with Gasteiger partial charge in [-0.15, -0.1) is 0 Å². The van der Waals surface area contributed by atoms with E-state index in [0.29, 0.717) is 5.65 Å². The maximum absolute atomic E-state index is 12.4. The number of non-ortho nitro benzene ring substituents is 1. The monoisotopic (exact) mass is 495 g/mol. The molecule has 4 rings (SSSR count). The quantitative estimate of drug-likeness (QED) is 0.163. The van der Waals surface area contributed by atoms with Gasteiger partial charge < -0.3 is 8.92 Å². The zero-order chi connectivity index (χ0) is 25.2. The number of aryl methyl sites for hydroxylation is 1. The first kappa shape index (κ1) is 23.6. The summed E-state index contributed by atoms with van der Waals surface area (Å²) in [5, 5.41) is 10.9. The highest BCUT2D eigenvalue weighted by Gasteiger charge is 2.20. The molecule has 0 atom stereocenters. The lowest BCUT2D eigenvalue weighted by molar-refractivity contribution is -0.385. The topological polar surface area (TPSA) is 147 Å². The van der Waals surface area contributed by atoms with Gasteiger partial charge in [-0.3, -0.25) is 19.3 Å². The van der Waals surface area contributed by atoms with Crippen molar-refractivity contribution in [2.24, 2.45) is 0 Å². The number of ether oxygens (including phenoxy) is 1. The van der Waals surface area contributed by atoms with Gasteiger partial charge in [0.15, 0.2) is 0 Å². The van der Waals surface area contributed by atoms with Gasteiger partial charge in [-0.05, 0) is 48.9 Å². The lowest BCUT2D eigenvalue weighted by atomic mass is 10.2. The number of nitro groups is 1. The first-order valence-corrected chi connectivity index (χ1v) is 11.5. The summed E-state index contributed by atoms with van der Waals surface area (Å²) in [7, 11) is -4.33. The number of carbonyl (C=O) groups excluding carboxylic acids is 1. The van der Waals surface area contributed by atoms with E-state index in [1.165, 1.54) is 46.9 Å². The molecule has 0 saturated carbocycles. The summed E-state index contributed by atoms with van der Waals surface area (Å²) in [6.45, 7) is 1.61. The molecule has 2 aromatic carbocycles. The lowest BCUT2D eigenvalue weighted by Crippen LogP contribution is -2.17. The molecular weight excluding hydrogens is 478 g/mol. The number of nitrogens with zero attached hydrogens (tertiary/aromatic N) is 3. The molecule has 11 nitrogen and oxygen atoms in total. The number of pyridine rings is 1. The predicted octanol–water partition coefficient (Wildman–Crippen LogP) is 3.04. The molecule has 2 heterocycles. The highest BCUT2D eigenvalue weighted by atomic mass is 32.2. The fourth-order valence-corrected chi connectivity index (χ4v) is 4.10. The van der Waals surface area contributed by atoms with Gasteiger partial charge in [-0.1, -0.05) is 12.1 Å². The van der Waals surface area contributed by atoms with Crippen molar-refractivity contribution in [3.05, 3.63) is 110 Å². The van der Waals surface area contributed by atoms with Crippen LogP contribution in [0, 0.1) is 17.0 Å². The Bertz CT molecular complexity index is 1610. The molecule has 0 aliphatic carbocycles. The van der Waals surface area contributed by atoms with E-state index in [1.807, 2.05) is 6.92 Å². The third kappa shape index (κ3) is 5.33. The van der Waals surface area contributed by atoms with Crippen LogP contribution in [0.5, 0.6) is 5.75 Å². The van der Waals surface area contributed by atoms with Gasteiger partial charge in [0.1, 0.15) is 22.9 Å². The molecule has 0 aliphatic heterocycles. The van der Waals surface area contributed by atoms with Crippen LogP contribution in [0.4, 0.5) is 5.69 Å². The summed E-state index contributed by atoms with van der Waals surface area (Å²) in [5.74, 6) is -0.823. The number of benzene rings is 2. The van der Waals surface area contributed by atoms with Gasteiger partial charge in [0.2, 0.25) is 0 Å². The average molecular weight is 495 g/mol. The zero-order valence-electron chi connectivity index (χ0n) is 18.2. The van der Waals surface area contributed by atoms with Crippen molar-refractivity contribution in [2.45, 2.75) is 18.4 Å². The Balaban J connectivity index is 1.43. The minimum Gasteiger partial charge on any atom is -0.456 e. The smallest absolute Gasteiger partial charge is 0.339 e. The molecule has 0 unspecified atom stereocenters. The average Bonchev–Trinajstić information content (AvgIpc) is 2.83. The van der Waals surface area contributed by atoms with Crippen molar-refractivity contribution >= 4 is 27.4 Å². The van der Waals surface area contributed by atoms with Gasteiger partial charge in [0.25, 0.3) is 11.2 Å². The molecule has 2 aromatic heterocycles. The van der Waals surface area contributed by atoms with Crippen LogP contribution in [0.1, 0.15) is 21.6 Å². The van der Waals surface area contributed by atoms with Crippen LogP contribution in [0.2, 0.25) is 0 Å². The molecule has 4 aromatic rings. The van der Waals surface area contributed by atoms with Gasteiger partial charge in [0.05, 0.1) is 16.2 Å². The summed E-state index contributed by atoms with van der Waals surface area (Å²) < 4.78 is 36.5. The number of rotatable bonds is 7. The summed E-state index contributed by atoms with van der Waals surface area (Å²) in [6, 6.07) is 14.3. The predicted molar refractivity (Wildman–Crippen MR) is 123 cm³/mol. The molecule has 0 fully saturated rings. The van der Waals surface area contributed by atoms with Gasteiger partial charge in [0, 0.05) is 24.4 Å². The molecule has 12 heteroatoms. The second kappa shape index (κ2) is 9.35. The molecule has 0 bridgehead atoms. The second-order valence-corrected chi connectivity index (χ2v) is 8.96. The van der Waals surface area contributed by atoms with Gasteiger partial charge in [-0.25, -0.2) is 9.78 Å². The highest BCUT2D eigenvalue weighted by molar-refractivity contribution is 7.87. The molecule has 35 heavy (non-hydrogen) atoms. The Morgan fingerprint density at radius 3 is 2.54 bits per heavy atom. The molecular formula is C23H17N3O8S. The molecule has 178 valence electrons. The standard InChI is InChI=1S/C23H17N3O8S/c1-15-5-10-21-24-17(11-22(27)25(21)13-15)14-33-23(28)16-6-8-19(9-7-16)34-35(31,32)20-4-2-3-18(12-20)26(29)30/h2-13H,14H2,1H3. The van der Waals surface area contributed by atoms with Crippen LogP contribution in [-0.2, 0) is 21.5 Å². The fourth-order valence-electron chi connectivity index (χ4n) is 3.13. The Labute approximate surface area is 198 Å². The van der Waals surface area contributed by atoms with E-state index in [9.17, 15) is 28.1 Å². The van der Waals surface area contributed by atoms with Crippen molar-refractivity contribution in [2.75, 3.05) is 0 Å². The Hall–Kier alpha value is -4.58. The van der Waals surface area contributed by atoms with E-state index in [-0.39, 0.29) is 34.1 Å². The number of aromatic nitrogens is 2. The molecule has 0 saturated heterocycles. The number of fused-ring (bicyclic) bond motifs is 1. The molecule has 0 N–H and O–H groups in total. The van der Waals surface area contributed by atoms with Crippen LogP contribution in [-0.4, -0.2) is 28.7 Å². The molecule has 0 radical (unpaired) electrons. The molecule has 0 spiro atoms. The molecule has 0 amide bonds. The first-order chi connectivity index (χ1) is 16.6. The van der Waals surface area contributed by atoms with Crippen LogP contribution in [0.3, 0.4) is 0 Å². The number of carbonyl (C=O) groups is 1. The van der Waals surface area contributed by atoms with E-state index >= 15 is 0 Å². The summed E-state index contributed by atoms with van der Waals surface area (Å²) in [5.41, 5.74) is 0.989. The van der Waals surface area contributed by atoms with Crippen molar-refractivity contribution < 1.29 is 27.1 Å². The fraction of sp³-hybridized carbons (Fsp3) is 0.0870. The SMILES string of the molecule is Cc1ccc2nc(COC(=O)c3ccc(OS(=O)(=O)c4cccc([N+](=O)[O-])c4)cc3)cc(=O)n2c1. The third-order valence-electron chi connectivity index (χ3n) is 4.82. The minimum atomic E-state index is -4.33. The van der Waals surface area contributed by atoms with Crippen molar-refractivity contribution in [1.82, 2.24) is 9.38 Å². The Morgan fingerprint density at radius 1 is 1.09 bits per heavy atom. The Kier molecular flexibility index (Phi) is 6.30. The maximum Gasteiger partial charge on any atom is 0.339 e. The zero-order valence-corrected chi connectivity index (χ0v) is 19.0. The molecule has 0 aliphatic rings. The summed E-state index contributed by atoms with van der Waals surface area (Å²) in [4.78, 5) is 38.7. The van der Waals surface area contributed by atoms with E-state index in [4.69, 9.17) is 8.92 Å². The van der Waals surface area contributed by atoms with Crippen molar-refractivity contribution in [3.8, 4) is 5.75 Å². The van der Waals surface area contributed by atoms with Crippen LogP contribution >= 0.6 is 0 Å². The maximum atomic E-state index is 12.4. The van der Waals surface area contributed by atoms with Crippen LogP contribution in [0.15, 0.2) is 82.6 Å². The van der Waals surface area contributed by atoms with E-state index < -0.39 is 26.7 Å². The van der Waals surface area contributed by atoms with Gasteiger partial charge in [-0.2, -0.15) is 8.42 Å². The largest absolute Gasteiger partial charge is 0.456 e. The number of hydrogen-bond acceptors (Lipinski definition) is 9. The second-order valence-electron chi connectivity index (χ2n) is 7.41. The van der Waals surface area contributed by atoms with E-state index in [1.54, 1.807) is 18.3 Å². The summed E-state index contributed by atoms with van der Waals surface area (Å²) >= 11 is 0. The lowest BCUT2D eigenvalue weighted by Gasteiger charge is -2.09. The Morgan fingerprint density at radius 2 is 1.83 bits per heavy atom. The van der Waals surface area contributed by atoms with E-state index in [2.05, 4.69) is 4.98 Å². The summed E-state index contributed by atoms with van der Waals surface area (Å²) in [6.07, 6.45) is 1.66. The number of hydrogen-bond donors (Lipinski definition) is 0. The van der Waals surface area contributed by atoms with E-state index in [0.717, 1.165) is 17.7 Å². The van der Waals surface area contributed by atoms with Gasteiger partial charge >= 0.3 is 16.1 Å². The first-order valence-electron chi connectivity index (χ1n) is 10.1. The van der Waals surface area contributed by atoms with Crippen LogP contribution in [0.25, 0.3) is 5.65 Å². The van der Waals surface area contributed by atoms with Crippen LogP contribution < -0.4 is 9.74 Å². The minimum absolute atomic E-state index is 0.104. The third-order valence-corrected chi connectivity index (χ3v) is 6.07. The highest BCUT2D eigenvalue weighted by Crippen LogP contribution is 2.22. The van der Waals surface area contributed by atoms with Crippen molar-refractivity contribution in [1.29, 1.82) is 0 Å².